The van der Waals surface area contributed by atoms with Crippen LogP contribution in [0, 0.1) is 6.92 Å². The molecule has 4 aromatic rings. The van der Waals surface area contributed by atoms with E-state index in [-0.39, 0.29) is 0 Å². The molecule has 6 heteroatoms. The number of piperazine rings is 1. The largest absolute Gasteiger partial charge is 0.365 e. The van der Waals surface area contributed by atoms with E-state index in [1.807, 2.05) is 47.0 Å². The van der Waals surface area contributed by atoms with Crippen molar-refractivity contribution in [3.05, 3.63) is 72.3 Å². The second kappa shape index (κ2) is 7.20. The van der Waals surface area contributed by atoms with Gasteiger partial charge in [-0.1, -0.05) is 42.5 Å². The number of nitrogens with zero attached hydrogens (tertiary/aromatic N) is 6. The van der Waals surface area contributed by atoms with Crippen molar-refractivity contribution in [1.82, 2.24) is 19.8 Å². The van der Waals surface area contributed by atoms with Gasteiger partial charge >= 0.3 is 0 Å². The van der Waals surface area contributed by atoms with Gasteiger partial charge in [0.15, 0.2) is 11.5 Å². The number of fused-ring (bicyclic) bond motifs is 1. The second-order valence-corrected chi connectivity index (χ2v) is 7.68. The minimum Gasteiger partial charge on any atom is -0.365 e. The molecule has 1 fully saturated rings. The molecule has 5 rings (SSSR count). The molecule has 0 N–H and O–H groups in total. The molecule has 2 aromatic heterocycles. The molecule has 1 aliphatic heterocycles. The topological polar surface area (TPSA) is 49.6 Å². The molecule has 1 saturated heterocycles. The van der Waals surface area contributed by atoms with E-state index in [9.17, 15) is 0 Å². The molecule has 0 unspecified atom stereocenters. The van der Waals surface area contributed by atoms with Crippen molar-refractivity contribution in [2.75, 3.05) is 29.4 Å². The lowest BCUT2D eigenvalue weighted by Crippen LogP contribution is -2.52. The Hall–Kier alpha value is -3.41. The predicted molar refractivity (Wildman–Crippen MR) is 116 cm³/mol. The number of aryl methyl sites for hydroxylation is 1. The third kappa shape index (κ3) is 3.31. The summed E-state index contributed by atoms with van der Waals surface area (Å²) in [6.45, 7) is 7.25. The number of aromatic nitrogens is 4. The van der Waals surface area contributed by atoms with Crippen LogP contribution in [0.25, 0.3) is 17.0 Å². The summed E-state index contributed by atoms with van der Waals surface area (Å²) in [5.41, 5.74) is 4.37. The van der Waals surface area contributed by atoms with Crippen LogP contribution < -0.4 is 9.80 Å². The number of benzene rings is 2. The normalized spacial score (nSPS) is 17.1. The zero-order chi connectivity index (χ0) is 19.8. The highest BCUT2D eigenvalue weighted by Gasteiger charge is 2.25. The van der Waals surface area contributed by atoms with Gasteiger partial charge in [0.25, 0.3) is 0 Å². The summed E-state index contributed by atoms with van der Waals surface area (Å²) in [6.07, 6.45) is 0. The average Bonchev–Trinajstić information content (AvgIpc) is 3.17. The second-order valence-electron chi connectivity index (χ2n) is 7.68. The highest BCUT2D eigenvalue weighted by atomic mass is 15.4. The van der Waals surface area contributed by atoms with Gasteiger partial charge < -0.3 is 9.80 Å². The molecule has 0 spiro atoms. The van der Waals surface area contributed by atoms with E-state index in [2.05, 4.69) is 58.1 Å². The van der Waals surface area contributed by atoms with E-state index in [0.717, 1.165) is 42.5 Å². The Morgan fingerprint density at radius 2 is 1.76 bits per heavy atom. The molecule has 0 saturated carbocycles. The number of hydrogen-bond donors (Lipinski definition) is 0. The Kier molecular flexibility index (Phi) is 4.39. The molecule has 1 atom stereocenters. The van der Waals surface area contributed by atoms with Crippen molar-refractivity contribution in [3.63, 3.8) is 0 Å². The number of rotatable bonds is 3. The van der Waals surface area contributed by atoms with Crippen LogP contribution in [0.3, 0.4) is 0 Å². The highest BCUT2D eigenvalue weighted by molar-refractivity contribution is 5.60. The summed E-state index contributed by atoms with van der Waals surface area (Å²) in [7, 11) is 0. The van der Waals surface area contributed by atoms with Gasteiger partial charge in [0.05, 0.1) is 0 Å². The first-order valence-electron chi connectivity index (χ1n) is 10.1. The standard InChI is InChI=1S/C23H24N6/c1-17-7-6-10-20(15-17)28-14-13-27(16-18(28)2)22-12-11-21-24-25-23(29(21)26-22)19-8-4-3-5-9-19/h3-12,15,18H,13-14,16H2,1-2H3/t18-/m1/s1. The van der Waals surface area contributed by atoms with Gasteiger partial charge in [-0.2, -0.15) is 4.52 Å². The summed E-state index contributed by atoms with van der Waals surface area (Å²) in [4.78, 5) is 4.83. The van der Waals surface area contributed by atoms with Crippen LogP contribution in [-0.4, -0.2) is 45.5 Å². The Balaban J connectivity index is 1.42. The molecule has 29 heavy (non-hydrogen) atoms. The zero-order valence-corrected chi connectivity index (χ0v) is 16.7. The Morgan fingerprint density at radius 3 is 2.55 bits per heavy atom. The SMILES string of the molecule is Cc1cccc(N2CCN(c3ccc4nnc(-c5ccccc5)n4n3)C[C@H]2C)c1. The minimum absolute atomic E-state index is 0.401. The lowest BCUT2D eigenvalue weighted by atomic mass is 10.1. The van der Waals surface area contributed by atoms with E-state index in [1.54, 1.807) is 0 Å². The molecular formula is C23H24N6. The first-order valence-corrected chi connectivity index (χ1v) is 10.1. The summed E-state index contributed by atoms with van der Waals surface area (Å²) < 4.78 is 1.85. The van der Waals surface area contributed by atoms with Crippen LogP contribution in [0.4, 0.5) is 11.5 Å². The summed E-state index contributed by atoms with van der Waals surface area (Å²) in [5, 5.41) is 13.5. The highest BCUT2D eigenvalue weighted by Crippen LogP contribution is 2.25. The van der Waals surface area contributed by atoms with Crippen LogP contribution in [0.2, 0.25) is 0 Å². The maximum atomic E-state index is 4.88. The van der Waals surface area contributed by atoms with Gasteiger partial charge in [0.2, 0.25) is 0 Å². The molecule has 3 heterocycles. The third-order valence-corrected chi connectivity index (χ3v) is 5.57. The van der Waals surface area contributed by atoms with Crippen molar-refractivity contribution in [2.45, 2.75) is 19.9 Å². The van der Waals surface area contributed by atoms with E-state index in [4.69, 9.17) is 5.10 Å². The van der Waals surface area contributed by atoms with Crippen molar-refractivity contribution < 1.29 is 0 Å². The van der Waals surface area contributed by atoms with Crippen LogP contribution in [0.1, 0.15) is 12.5 Å². The predicted octanol–water partition coefficient (Wildman–Crippen LogP) is 3.81. The monoisotopic (exact) mass is 384 g/mol. The molecule has 6 nitrogen and oxygen atoms in total. The van der Waals surface area contributed by atoms with E-state index in [0.29, 0.717) is 6.04 Å². The van der Waals surface area contributed by atoms with Gasteiger partial charge in [-0.15, -0.1) is 15.3 Å². The summed E-state index contributed by atoms with van der Waals surface area (Å²) >= 11 is 0. The Morgan fingerprint density at radius 1 is 0.897 bits per heavy atom. The summed E-state index contributed by atoms with van der Waals surface area (Å²) in [6, 6.07) is 23.3. The van der Waals surface area contributed by atoms with Gasteiger partial charge in [-0.05, 0) is 43.7 Å². The van der Waals surface area contributed by atoms with Crippen LogP contribution in [-0.2, 0) is 0 Å². The first kappa shape index (κ1) is 17.7. The van der Waals surface area contributed by atoms with Crippen molar-refractivity contribution in [1.29, 1.82) is 0 Å². The average molecular weight is 384 g/mol. The van der Waals surface area contributed by atoms with Gasteiger partial charge in [0.1, 0.15) is 5.82 Å². The Bertz CT molecular complexity index is 1140. The lowest BCUT2D eigenvalue weighted by Gasteiger charge is -2.41. The van der Waals surface area contributed by atoms with E-state index >= 15 is 0 Å². The first-order chi connectivity index (χ1) is 14.2. The third-order valence-electron chi connectivity index (χ3n) is 5.57. The van der Waals surface area contributed by atoms with Crippen molar-refractivity contribution in [2.24, 2.45) is 0 Å². The van der Waals surface area contributed by atoms with Gasteiger partial charge in [-0.25, -0.2) is 0 Å². The van der Waals surface area contributed by atoms with E-state index < -0.39 is 0 Å². The molecule has 146 valence electrons. The minimum atomic E-state index is 0.401. The van der Waals surface area contributed by atoms with Crippen LogP contribution in [0.15, 0.2) is 66.7 Å². The quantitative estimate of drug-likeness (QED) is 0.538. The Labute approximate surface area is 170 Å². The fourth-order valence-electron chi connectivity index (χ4n) is 4.07. The van der Waals surface area contributed by atoms with Crippen molar-refractivity contribution >= 4 is 17.2 Å². The van der Waals surface area contributed by atoms with Crippen molar-refractivity contribution in [3.8, 4) is 11.4 Å². The fourth-order valence-corrected chi connectivity index (χ4v) is 4.07. The molecule has 2 aromatic carbocycles. The fraction of sp³-hybridized carbons (Fsp3) is 0.261. The molecule has 0 bridgehead atoms. The van der Waals surface area contributed by atoms with Gasteiger partial charge in [0, 0.05) is 36.9 Å². The van der Waals surface area contributed by atoms with Crippen LogP contribution >= 0.6 is 0 Å². The zero-order valence-electron chi connectivity index (χ0n) is 16.7. The van der Waals surface area contributed by atoms with Gasteiger partial charge in [-0.3, -0.25) is 0 Å². The molecule has 0 radical (unpaired) electrons. The smallest absolute Gasteiger partial charge is 0.185 e. The van der Waals surface area contributed by atoms with E-state index in [1.165, 1.54) is 11.3 Å². The molecular weight excluding hydrogens is 360 g/mol. The molecule has 0 aliphatic carbocycles. The maximum absolute atomic E-state index is 4.88. The lowest BCUT2D eigenvalue weighted by molar-refractivity contribution is 0.545. The molecule has 0 amide bonds. The van der Waals surface area contributed by atoms with Crippen LogP contribution in [0.5, 0.6) is 0 Å². The number of hydrogen-bond acceptors (Lipinski definition) is 5. The molecule has 1 aliphatic rings. The number of anilines is 2. The maximum Gasteiger partial charge on any atom is 0.185 e. The summed E-state index contributed by atoms with van der Waals surface area (Å²) in [5.74, 6) is 1.74.